The molecule has 1 unspecified atom stereocenters. The minimum Gasteiger partial charge on any atom is -0.492 e. The van der Waals surface area contributed by atoms with Gasteiger partial charge in [-0.15, -0.1) is 0 Å². The van der Waals surface area contributed by atoms with Crippen molar-refractivity contribution in [2.75, 3.05) is 33.8 Å². The summed E-state index contributed by atoms with van der Waals surface area (Å²) in [6.45, 7) is 2.62. The number of hydrogen-bond acceptors (Lipinski definition) is 3. The van der Waals surface area contributed by atoms with Crippen LogP contribution in [-0.4, -0.2) is 38.7 Å². The molecular weight excluding hydrogens is 271 g/mol. The molecule has 18 heavy (non-hydrogen) atoms. The second kappa shape index (κ2) is 6.11. The Morgan fingerprint density at radius 2 is 2.17 bits per heavy atom. The molecule has 0 bridgehead atoms. The zero-order chi connectivity index (χ0) is 13.1. The van der Waals surface area contributed by atoms with Gasteiger partial charge in [-0.05, 0) is 26.2 Å². The lowest BCUT2D eigenvalue weighted by Crippen LogP contribution is -2.32. The first-order valence-corrected chi connectivity index (χ1v) is 6.83. The standard InChI is InChI=1S/C13H18Cl2N2O/c1-17(2)5-4-16-12-3-6-18-13-10(12)7-9(14)8-11(13)15/h7-8,12,16H,3-6H2,1-2H3. The van der Waals surface area contributed by atoms with E-state index in [1.54, 1.807) is 6.07 Å². The Morgan fingerprint density at radius 1 is 1.39 bits per heavy atom. The van der Waals surface area contributed by atoms with Crippen molar-refractivity contribution in [2.24, 2.45) is 0 Å². The predicted molar refractivity (Wildman–Crippen MR) is 75.9 cm³/mol. The Bertz CT molecular complexity index is 424. The lowest BCUT2D eigenvalue weighted by atomic mass is 10.0. The molecule has 2 rings (SSSR count). The molecule has 100 valence electrons. The highest BCUT2D eigenvalue weighted by Gasteiger charge is 2.23. The fraction of sp³-hybridized carbons (Fsp3) is 0.538. The quantitative estimate of drug-likeness (QED) is 0.922. The summed E-state index contributed by atoms with van der Waals surface area (Å²) in [6.07, 6.45) is 0.942. The summed E-state index contributed by atoms with van der Waals surface area (Å²) in [5, 5.41) is 4.77. The van der Waals surface area contributed by atoms with Gasteiger partial charge in [-0.2, -0.15) is 0 Å². The first-order chi connectivity index (χ1) is 8.58. The van der Waals surface area contributed by atoms with E-state index in [1.165, 1.54) is 0 Å². The van der Waals surface area contributed by atoms with E-state index in [-0.39, 0.29) is 6.04 Å². The zero-order valence-electron chi connectivity index (χ0n) is 10.7. The number of ether oxygens (including phenoxy) is 1. The van der Waals surface area contributed by atoms with Crippen molar-refractivity contribution in [1.82, 2.24) is 10.2 Å². The second-order valence-corrected chi connectivity index (χ2v) is 5.60. The second-order valence-electron chi connectivity index (χ2n) is 4.75. The molecule has 0 saturated heterocycles. The maximum absolute atomic E-state index is 6.15. The van der Waals surface area contributed by atoms with Crippen molar-refractivity contribution >= 4 is 23.2 Å². The van der Waals surface area contributed by atoms with Gasteiger partial charge in [0.1, 0.15) is 5.75 Å². The van der Waals surface area contributed by atoms with E-state index in [2.05, 4.69) is 24.3 Å². The molecule has 0 amide bonds. The maximum Gasteiger partial charge on any atom is 0.142 e. The molecule has 1 N–H and O–H groups in total. The van der Waals surface area contributed by atoms with E-state index in [1.807, 2.05) is 6.07 Å². The Hall–Kier alpha value is -0.480. The van der Waals surface area contributed by atoms with Gasteiger partial charge in [0.2, 0.25) is 0 Å². The fourth-order valence-corrected chi connectivity index (χ4v) is 2.66. The average molecular weight is 289 g/mol. The van der Waals surface area contributed by atoms with Gasteiger partial charge in [0.15, 0.2) is 0 Å². The SMILES string of the molecule is CN(C)CCNC1CCOc2c(Cl)cc(Cl)cc21. The molecule has 0 radical (unpaired) electrons. The largest absolute Gasteiger partial charge is 0.492 e. The van der Waals surface area contributed by atoms with E-state index in [0.717, 1.165) is 30.8 Å². The molecule has 0 fully saturated rings. The summed E-state index contributed by atoms with van der Waals surface area (Å²) < 4.78 is 5.63. The normalized spacial score (nSPS) is 18.6. The topological polar surface area (TPSA) is 24.5 Å². The number of halogens is 2. The molecule has 1 aromatic carbocycles. The van der Waals surface area contributed by atoms with Crippen LogP contribution in [0, 0.1) is 0 Å². The molecule has 3 nitrogen and oxygen atoms in total. The van der Waals surface area contributed by atoms with E-state index in [0.29, 0.717) is 16.7 Å². The van der Waals surface area contributed by atoms with Gasteiger partial charge >= 0.3 is 0 Å². The molecule has 1 atom stereocenters. The summed E-state index contributed by atoms with van der Waals surface area (Å²) >= 11 is 12.2. The summed E-state index contributed by atoms with van der Waals surface area (Å²) in [4.78, 5) is 2.15. The molecule has 0 spiro atoms. The van der Waals surface area contributed by atoms with E-state index in [9.17, 15) is 0 Å². The highest BCUT2D eigenvalue weighted by molar-refractivity contribution is 6.35. The van der Waals surface area contributed by atoms with Gasteiger partial charge in [0.25, 0.3) is 0 Å². The summed E-state index contributed by atoms with van der Waals surface area (Å²) in [7, 11) is 4.13. The summed E-state index contributed by atoms with van der Waals surface area (Å²) in [5.74, 6) is 0.773. The van der Waals surface area contributed by atoms with Crippen LogP contribution in [-0.2, 0) is 0 Å². The molecule has 1 aliphatic rings. The van der Waals surface area contributed by atoms with Crippen LogP contribution in [0.2, 0.25) is 10.0 Å². The zero-order valence-corrected chi connectivity index (χ0v) is 12.2. The number of likely N-dealkylation sites (N-methyl/N-ethyl adjacent to an activating group) is 1. The highest BCUT2D eigenvalue weighted by atomic mass is 35.5. The van der Waals surface area contributed by atoms with Gasteiger partial charge in [-0.3, -0.25) is 0 Å². The minimum absolute atomic E-state index is 0.268. The van der Waals surface area contributed by atoms with Crippen molar-refractivity contribution in [3.8, 4) is 5.75 Å². The third-order valence-corrected chi connectivity index (χ3v) is 3.51. The maximum atomic E-state index is 6.15. The van der Waals surface area contributed by atoms with Gasteiger partial charge in [0, 0.05) is 36.1 Å². The number of benzene rings is 1. The molecule has 0 aliphatic carbocycles. The monoisotopic (exact) mass is 288 g/mol. The third-order valence-electron chi connectivity index (χ3n) is 3.02. The van der Waals surface area contributed by atoms with E-state index >= 15 is 0 Å². The van der Waals surface area contributed by atoms with E-state index < -0.39 is 0 Å². The lowest BCUT2D eigenvalue weighted by Gasteiger charge is -2.28. The average Bonchev–Trinajstić information content (AvgIpc) is 2.29. The van der Waals surface area contributed by atoms with Crippen molar-refractivity contribution < 1.29 is 4.74 Å². The molecule has 0 saturated carbocycles. The molecular formula is C13H18Cl2N2O. The van der Waals surface area contributed by atoms with Crippen LogP contribution in [0.1, 0.15) is 18.0 Å². The Morgan fingerprint density at radius 3 is 2.89 bits per heavy atom. The van der Waals surface area contributed by atoms with Crippen LogP contribution >= 0.6 is 23.2 Å². The smallest absolute Gasteiger partial charge is 0.142 e. The number of nitrogens with one attached hydrogen (secondary N) is 1. The summed E-state index contributed by atoms with van der Waals surface area (Å²) in [6, 6.07) is 3.93. The van der Waals surface area contributed by atoms with Crippen LogP contribution < -0.4 is 10.1 Å². The van der Waals surface area contributed by atoms with Crippen molar-refractivity contribution in [3.63, 3.8) is 0 Å². The van der Waals surface area contributed by atoms with Crippen LogP contribution in [0.25, 0.3) is 0 Å². The first-order valence-electron chi connectivity index (χ1n) is 6.08. The number of fused-ring (bicyclic) bond motifs is 1. The number of nitrogens with zero attached hydrogens (tertiary/aromatic N) is 1. The third kappa shape index (κ3) is 3.29. The van der Waals surface area contributed by atoms with Gasteiger partial charge < -0.3 is 15.0 Å². The summed E-state index contributed by atoms with van der Waals surface area (Å²) in [5.41, 5.74) is 1.07. The first kappa shape index (κ1) is 13.9. The molecule has 1 aliphatic heterocycles. The lowest BCUT2D eigenvalue weighted by molar-refractivity contribution is 0.249. The number of hydrogen-bond donors (Lipinski definition) is 1. The highest BCUT2D eigenvalue weighted by Crippen LogP contribution is 2.39. The van der Waals surface area contributed by atoms with Gasteiger partial charge in [-0.1, -0.05) is 23.2 Å². The predicted octanol–water partition coefficient (Wildman–Crippen LogP) is 2.97. The van der Waals surface area contributed by atoms with E-state index in [4.69, 9.17) is 27.9 Å². The fourth-order valence-electron chi connectivity index (χ4n) is 2.10. The van der Waals surface area contributed by atoms with Crippen LogP contribution in [0.5, 0.6) is 5.75 Å². The number of rotatable bonds is 4. The van der Waals surface area contributed by atoms with Crippen LogP contribution in [0.15, 0.2) is 12.1 Å². The van der Waals surface area contributed by atoms with Crippen LogP contribution in [0.4, 0.5) is 0 Å². The molecule has 1 heterocycles. The Balaban J connectivity index is 2.12. The molecule has 5 heteroatoms. The molecule has 0 aromatic heterocycles. The minimum atomic E-state index is 0.268. The molecule has 1 aromatic rings. The van der Waals surface area contributed by atoms with Crippen molar-refractivity contribution in [2.45, 2.75) is 12.5 Å². The Kier molecular flexibility index (Phi) is 4.73. The Labute approximate surface area is 118 Å². The van der Waals surface area contributed by atoms with Gasteiger partial charge in [0.05, 0.1) is 11.6 Å². The van der Waals surface area contributed by atoms with Crippen LogP contribution in [0.3, 0.4) is 0 Å². The van der Waals surface area contributed by atoms with Crippen molar-refractivity contribution in [3.05, 3.63) is 27.7 Å². The van der Waals surface area contributed by atoms with Gasteiger partial charge in [-0.25, -0.2) is 0 Å². The van der Waals surface area contributed by atoms with Crippen molar-refractivity contribution in [1.29, 1.82) is 0 Å².